The van der Waals surface area contributed by atoms with Gasteiger partial charge in [0.15, 0.2) is 0 Å². The van der Waals surface area contributed by atoms with Crippen LogP contribution in [0.1, 0.15) is 33.5 Å². The molecule has 1 heterocycles. The third-order valence-corrected chi connectivity index (χ3v) is 7.02. The van der Waals surface area contributed by atoms with Crippen LogP contribution in [0, 0.1) is 0 Å². The number of ether oxygens (including phenoxy) is 1. The summed E-state index contributed by atoms with van der Waals surface area (Å²) in [5.74, 6) is -0.889. The first-order valence-electron chi connectivity index (χ1n) is 12.0. The molecule has 1 aliphatic heterocycles. The second-order valence-corrected chi connectivity index (χ2v) is 9.74. The highest BCUT2D eigenvalue weighted by atomic mass is 35.5. The zero-order valence-electron chi connectivity index (χ0n) is 20.4. The van der Waals surface area contributed by atoms with Gasteiger partial charge in [-0.05, 0) is 52.9 Å². The first-order valence-corrected chi connectivity index (χ1v) is 12.7. The zero-order valence-corrected chi connectivity index (χ0v) is 21.9. The molecule has 0 aromatic heterocycles. The normalized spacial score (nSPS) is 14.5. The van der Waals surface area contributed by atoms with E-state index in [4.69, 9.17) is 27.9 Å². The summed E-state index contributed by atoms with van der Waals surface area (Å²) in [7, 11) is 1.68. The minimum absolute atomic E-state index is 0.0668. The highest BCUT2D eigenvalue weighted by molar-refractivity contribution is 6.39. The molecule has 0 fully saturated rings. The van der Waals surface area contributed by atoms with E-state index in [9.17, 15) is 14.7 Å². The van der Waals surface area contributed by atoms with Crippen LogP contribution in [0.4, 0.5) is 0 Å². The number of methoxy groups -OCH3 is 1. The van der Waals surface area contributed by atoms with Gasteiger partial charge in [0.2, 0.25) is 0 Å². The summed E-state index contributed by atoms with van der Waals surface area (Å²) in [6.07, 6.45) is 3.30. The maximum Gasteiger partial charge on any atom is 0.326 e. The average Bonchev–Trinajstić information content (AvgIpc) is 2.89. The van der Waals surface area contributed by atoms with Gasteiger partial charge in [0, 0.05) is 26.1 Å². The van der Waals surface area contributed by atoms with E-state index in [1.807, 2.05) is 36.4 Å². The number of halogens is 2. The van der Waals surface area contributed by atoms with E-state index in [-0.39, 0.29) is 22.0 Å². The molecule has 2 N–H and O–H groups in total. The van der Waals surface area contributed by atoms with Crippen molar-refractivity contribution in [1.29, 1.82) is 0 Å². The molecular weight excluding hydrogens is 511 g/mol. The molecule has 0 aliphatic carbocycles. The quantitative estimate of drug-likeness (QED) is 0.364. The van der Waals surface area contributed by atoms with Gasteiger partial charge in [-0.15, -0.1) is 0 Å². The Balaban J connectivity index is 1.37. The van der Waals surface area contributed by atoms with Crippen molar-refractivity contribution in [3.63, 3.8) is 0 Å². The lowest BCUT2D eigenvalue weighted by Gasteiger charge is -2.26. The van der Waals surface area contributed by atoms with Crippen LogP contribution < -0.4 is 10.1 Å². The van der Waals surface area contributed by atoms with Gasteiger partial charge in [-0.1, -0.05) is 71.7 Å². The number of nitrogens with zero attached hydrogens (tertiary/aromatic N) is 1. The fourth-order valence-corrected chi connectivity index (χ4v) is 4.95. The van der Waals surface area contributed by atoms with Crippen molar-refractivity contribution in [3.05, 3.63) is 105 Å². The van der Waals surface area contributed by atoms with Gasteiger partial charge in [0.05, 0.1) is 22.7 Å². The minimum Gasteiger partial charge on any atom is -0.497 e. The largest absolute Gasteiger partial charge is 0.497 e. The topological polar surface area (TPSA) is 78.9 Å². The fraction of sp³-hybridized carbons (Fsp3) is 0.241. The molecule has 4 rings (SSSR count). The number of carbonyl (C=O) groups excluding carboxylic acids is 1. The second-order valence-electron chi connectivity index (χ2n) is 8.93. The van der Waals surface area contributed by atoms with Crippen molar-refractivity contribution in [1.82, 2.24) is 10.2 Å². The van der Waals surface area contributed by atoms with E-state index in [0.29, 0.717) is 0 Å². The third-order valence-electron chi connectivity index (χ3n) is 6.39. The lowest BCUT2D eigenvalue weighted by Crippen LogP contribution is -2.42. The molecule has 37 heavy (non-hydrogen) atoms. The molecule has 0 spiro atoms. The molecule has 0 radical (unpaired) electrons. The first kappa shape index (κ1) is 26.7. The van der Waals surface area contributed by atoms with Gasteiger partial charge in [0.1, 0.15) is 11.8 Å². The molecule has 6 nitrogen and oxygen atoms in total. The molecule has 1 amide bonds. The summed E-state index contributed by atoms with van der Waals surface area (Å²) in [6.45, 7) is 2.66. The van der Waals surface area contributed by atoms with E-state index in [2.05, 4.69) is 28.4 Å². The first-order chi connectivity index (χ1) is 17.8. The number of carboxylic acid groups (broad SMARTS) is 1. The Morgan fingerprint density at radius 2 is 1.73 bits per heavy atom. The highest BCUT2D eigenvalue weighted by Crippen LogP contribution is 2.26. The number of carboxylic acids is 1. The van der Waals surface area contributed by atoms with Gasteiger partial charge >= 0.3 is 5.97 Å². The number of carbonyl (C=O) groups is 2. The number of hydrogen-bond acceptors (Lipinski definition) is 4. The third kappa shape index (κ3) is 6.92. The van der Waals surface area contributed by atoms with Crippen LogP contribution in [0.3, 0.4) is 0 Å². The number of benzene rings is 3. The lowest BCUT2D eigenvalue weighted by atomic mass is 9.96. The molecule has 1 aliphatic rings. The Bertz CT molecular complexity index is 1290. The fourth-order valence-electron chi connectivity index (χ4n) is 4.38. The summed E-state index contributed by atoms with van der Waals surface area (Å²) in [6, 6.07) is 19.5. The average molecular weight is 539 g/mol. The van der Waals surface area contributed by atoms with Crippen LogP contribution in [0.5, 0.6) is 5.75 Å². The molecule has 1 atom stereocenters. The molecule has 3 aromatic carbocycles. The second kappa shape index (κ2) is 12.3. The molecule has 8 heteroatoms. The van der Waals surface area contributed by atoms with Gasteiger partial charge in [0.25, 0.3) is 5.91 Å². The lowest BCUT2D eigenvalue weighted by molar-refractivity contribution is -0.139. The molecule has 0 unspecified atom stereocenters. The van der Waals surface area contributed by atoms with E-state index < -0.39 is 17.9 Å². The molecule has 0 bridgehead atoms. The molecule has 0 saturated heterocycles. The minimum atomic E-state index is -1.13. The predicted molar refractivity (Wildman–Crippen MR) is 146 cm³/mol. The van der Waals surface area contributed by atoms with E-state index in [1.165, 1.54) is 23.3 Å². The number of amides is 1. The van der Waals surface area contributed by atoms with E-state index in [1.54, 1.807) is 13.2 Å². The number of nitrogens with one attached hydrogen (secondary N) is 1. The van der Waals surface area contributed by atoms with Gasteiger partial charge in [-0.3, -0.25) is 9.69 Å². The van der Waals surface area contributed by atoms with E-state index in [0.717, 1.165) is 42.9 Å². The Kier molecular flexibility index (Phi) is 8.87. The summed E-state index contributed by atoms with van der Waals surface area (Å²) < 4.78 is 5.32. The zero-order chi connectivity index (χ0) is 26.4. The monoisotopic (exact) mass is 538 g/mol. The molecule has 192 valence electrons. The SMILES string of the molecule is COc1cccc(CN2CC=C(c3ccc(C[C@H](NC(=O)c4c(Cl)cccc4Cl)C(=O)O)cc3)CC2)c1. The predicted octanol–water partition coefficient (Wildman–Crippen LogP) is 5.72. The van der Waals surface area contributed by atoms with Crippen LogP contribution in [-0.2, 0) is 17.8 Å². The smallest absolute Gasteiger partial charge is 0.326 e. The molecular formula is C29H28Cl2N2O4. The summed E-state index contributed by atoms with van der Waals surface area (Å²) >= 11 is 12.2. The maximum atomic E-state index is 12.7. The Labute approximate surface area is 226 Å². The van der Waals surface area contributed by atoms with Crippen LogP contribution in [0.15, 0.2) is 72.8 Å². The van der Waals surface area contributed by atoms with Crippen molar-refractivity contribution in [2.24, 2.45) is 0 Å². The summed E-state index contributed by atoms with van der Waals surface area (Å²) in [5.41, 5.74) is 4.47. The molecule has 3 aromatic rings. The Morgan fingerprint density at radius 3 is 2.35 bits per heavy atom. The van der Waals surface area contributed by atoms with Gasteiger partial charge in [-0.25, -0.2) is 4.79 Å². The van der Waals surface area contributed by atoms with Crippen LogP contribution >= 0.6 is 23.2 Å². The van der Waals surface area contributed by atoms with Gasteiger partial charge < -0.3 is 15.2 Å². The Hall–Kier alpha value is -3.32. The number of hydrogen-bond donors (Lipinski definition) is 2. The van der Waals surface area contributed by atoms with Crippen molar-refractivity contribution in [2.75, 3.05) is 20.2 Å². The highest BCUT2D eigenvalue weighted by Gasteiger charge is 2.24. The van der Waals surface area contributed by atoms with Crippen LogP contribution in [0.25, 0.3) is 5.57 Å². The van der Waals surface area contributed by atoms with Crippen molar-refractivity contribution < 1.29 is 19.4 Å². The summed E-state index contributed by atoms with van der Waals surface area (Å²) in [4.78, 5) is 26.9. The van der Waals surface area contributed by atoms with E-state index >= 15 is 0 Å². The standard InChI is InChI=1S/C29H28Cl2N2O4/c1-37-23-5-2-4-20(16-23)18-33-14-12-22(13-15-33)21-10-8-19(9-11-21)17-26(29(35)36)32-28(34)27-24(30)6-3-7-25(27)31/h2-12,16,26H,13-15,17-18H2,1H3,(H,32,34)(H,35,36)/t26-/m0/s1. The van der Waals surface area contributed by atoms with Crippen LogP contribution in [0.2, 0.25) is 10.0 Å². The van der Waals surface area contributed by atoms with Crippen molar-refractivity contribution in [3.8, 4) is 5.75 Å². The number of aliphatic carboxylic acids is 1. The molecule has 0 saturated carbocycles. The van der Waals surface area contributed by atoms with Gasteiger partial charge in [-0.2, -0.15) is 0 Å². The summed E-state index contributed by atoms with van der Waals surface area (Å²) in [5, 5.41) is 12.6. The Morgan fingerprint density at radius 1 is 1.03 bits per heavy atom. The van der Waals surface area contributed by atoms with Crippen molar-refractivity contribution >= 4 is 40.7 Å². The number of rotatable bonds is 9. The van der Waals surface area contributed by atoms with Crippen molar-refractivity contribution in [2.45, 2.75) is 25.4 Å². The van der Waals surface area contributed by atoms with Crippen LogP contribution in [-0.4, -0.2) is 48.1 Å². The maximum absolute atomic E-state index is 12.7.